The van der Waals surface area contributed by atoms with Crippen LogP contribution < -0.4 is 0 Å². The SMILES string of the molecule is c1ccc([C@@]23CC[C@H]4CCC[C@H]5CCO[C@H](O2)[C@@]45OO3)cc1. The normalized spacial score (nSPS) is 46.8. The predicted octanol–water partition coefficient (Wildman–Crippen LogP) is 3.51. The van der Waals surface area contributed by atoms with E-state index in [1.807, 2.05) is 18.2 Å². The highest BCUT2D eigenvalue weighted by Crippen LogP contribution is 2.58. The van der Waals surface area contributed by atoms with E-state index in [0.717, 1.165) is 31.4 Å². The standard InChI is InChI=1S/C18H22O4/c1-2-5-13(6-3-1)17-11-9-14-7-4-8-15-10-12-19-16(20-17)18(14,15)22-21-17/h1-3,5-6,14-16H,4,7-12H2/t14-,15+,16-,17+,18-/m1/s1. The van der Waals surface area contributed by atoms with Gasteiger partial charge in [-0.2, -0.15) is 4.89 Å². The Bertz CT molecular complexity index is 559. The van der Waals surface area contributed by atoms with Crippen molar-refractivity contribution in [1.82, 2.24) is 0 Å². The van der Waals surface area contributed by atoms with Crippen LogP contribution in [0.2, 0.25) is 0 Å². The van der Waals surface area contributed by atoms with E-state index in [1.54, 1.807) is 0 Å². The maximum absolute atomic E-state index is 6.45. The average molecular weight is 302 g/mol. The van der Waals surface area contributed by atoms with Crippen LogP contribution >= 0.6 is 0 Å². The molecule has 5 aliphatic rings. The highest BCUT2D eigenvalue weighted by atomic mass is 17.3. The fourth-order valence-corrected chi connectivity index (χ4v) is 5.02. The number of hydrogen-bond acceptors (Lipinski definition) is 4. The predicted molar refractivity (Wildman–Crippen MR) is 78.5 cm³/mol. The Morgan fingerprint density at radius 3 is 2.59 bits per heavy atom. The van der Waals surface area contributed by atoms with Crippen molar-refractivity contribution in [3.63, 3.8) is 0 Å². The first-order valence-corrected chi connectivity index (χ1v) is 8.55. The van der Waals surface area contributed by atoms with E-state index in [0.29, 0.717) is 11.8 Å². The highest BCUT2D eigenvalue weighted by Gasteiger charge is 2.66. The molecule has 4 nitrogen and oxygen atoms in total. The molecule has 4 heteroatoms. The van der Waals surface area contributed by atoms with Crippen LogP contribution in [-0.2, 0) is 25.0 Å². The number of ether oxygens (including phenoxy) is 2. The molecular weight excluding hydrogens is 280 g/mol. The second-order valence-electron chi connectivity index (χ2n) is 7.11. The lowest BCUT2D eigenvalue weighted by molar-refractivity contribution is -0.573. The van der Waals surface area contributed by atoms with Gasteiger partial charge in [0, 0.05) is 12.0 Å². The lowest BCUT2D eigenvalue weighted by Crippen LogP contribution is -2.65. The zero-order valence-corrected chi connectivity index (χ0v) is 12.7. The molecule has 0 unspecified atom stereocenters. The summed E-state index contributed by atoms with van der Waals surface area (Å²) in [6.07, 6.45) is 6.33. The Morgan fingerprint density at radius 1 is 0.909 bits per heavy atom. The molecule has 1 spiro atoms. The summed E-state index contributed by atoms with van der Waals surface area (Å²) in [5.74, 6) is 0.165. The van der Waals surface area contributed by atoms with Gasteiger partial charge in [0.25, 0.3) is 0 Å². The monoisotopic (exact) mass is 302 g/mol. The van der Waals surface area contributed by atoms with E-state index >= 15 is 0 Å². The molecule has 1 saturated carbocycles. The van der Waals surface area contributed by atoms with E-state index in [2.05, 4.69) is 12.1 Å². The second-order valence-corrected chi connectivity index (χ2v) is 7.11. The summed E-state index contributed by atoms with van der Waals surface area (Å²) in [5.41, 5.74) is 0.639. The van der Waals surface area contributed by atoms with Crippen LogP contribution in [0.5, 0.6) is 0 Å². The number of rotatable bonds is 1. The van der Waals surface area contributed by atoms with E-state index in [4.69, 9.17) is 19.2 Å². The Morgan fingerprint density at radius 2 is 1.73 bits per heavy atom. The zero-order chi connectivity index (χ0) is 14.6. The Balaban J connectivity index is 1.59. The van der Waals surface area contributed by atoms with Crippen molar-refractivity contribution in [2.45, 2.75) is 56.2 Å². The van der Waals surface area contributed by atoms with Crippen molar-refractivity contribution in [1.29, 1.82) is 0 Å². The minimum atomic E-state index is -0.809. The average Bonchev–Trinajstić information content (AvgIpc) is 2.84. The Kier molecular flexibility index (Phi) is 2.93. The molecule has 6 rings (SSSR count). The molecule has 0 aromatic heterocycles. The molecule has 118 valence electrons. The topological polar surface area (TPSA) is 36.9 Å². The van der Waals surface area contributed by atoms with Crippen molar-refractivity contribution >= 4 is 0 Å². The van der Waals surface area contributed by atoms with Gasteiger partial charge in [0.05, 0.1) is 6.61 Å². The van der Waals surface area contributed by atoms with Gasteiger partial charge in [-0.05, 0) is 37.5 Å². The van der Waals surface area contributed by atoms with Crippen LogP contribution in [-0.4, -0.2) is 18.5 Å². The first-order chi connectivity index (χ1) is 10.8. The Labute approximate surface area is 130 Å². The molecule has 22 heavy (non-hydrogen) atoms. The summed E-state index contributed by atoms with van der Waals surface area (Å²) < 4.78 is 12.5. The molecule has 4 heterocycles. The van der Waals surface area contributed by atoms with Crippen molar-refractivity contribution in [2.24, 2.45) is 11.8 Å². The summed E-state index contributed by atoms with van der Waals surface area (Å²) in [7, 11) is 0. The van der Waals surface area contributed by atoms with E-state index < -0.39 is 5.79 Å². The molecule has 0 N–H and O–H groups in total. The molecule has 5 atom stereocenters. The quantitative estimate of drug-likeness (QED) is 0.744. The van der Waals surface area contributed by atoms with Crippen LogP contribution in [0.3, 0.4) is 0 Å². The van der Waals surface area contributed by atoms with Crippen LogP contribution in [0.15, 0.2) is 30.3 Å². The number of fused-ring (bicyclic) bond motifs is 2. The number of hydrogen-bond donors (Lipinski definition) is 0. The lowest BCUT2D eigenvalue weighted by atomic mass is 9.65. The van der Waals surface area contributed by atoms with Crippen LogP contribution in [0.25, 0.3) is 0 Å². The molecule has 4 aliphatic heterocycles. The molecule has 1 aliphatic carbocycles. The molecule has 1 aromatic rings. The summed E-state index contributed by atoms with van der Waals surface area (Å²) in [6, 6.07) is 10.1. The first-order valence-electron chi connectivity index (χ1n) is 8.55. The molecule has 2 bridgehead atoms. The van der Waals surface area contributed by atoms with Gasteiger partial charge in [-0.15, -0.1) is 0 Å². The fourth-order valence-electron chi connectivity index (χ4n) is 5.02. The molecule has 0 amide bonds. The third-order valence-corrected chi connectivity index (χ3v) is 6.14. The van der Waals surface area contributed by atoms with Crippen LogP contribution in [0.4, 0.5) is 0 Å². The molecule has 4 saturated heterocycles. The van der Waals surface area contributed by atoms with Gasteiger partial charge in [0.2, 0.25) is 5.79 Å². The first kappa shape index (κ1) is 13.5. The van der Waals surface area contributed by atoms with Crippen molar-refractivity contribution in [3.8, 4) is 0 Å². The minimum Gasteiger partial charge on any atom is -0.349 e. The summed E-state index contributed by atoms with van der Waals surface area (Å²) >= 11 is 0. The van der Waals surface area contributed by atoms with Gasteiger partial charge in [0.1, 0.15) is 0 Å². The van der Waals surface area contributed by atoms with Crippen molar-refractivity contribution < 1.29 is 19.2 Å². The summed E-state index contributed by atoms with van der Waals surface area (Å²) in [5, 5.41) is 0. The van der Waals surface area contributed by atoms with Gasteiger partial charge >= 0.3 is 0 Å². The lowest BCUT2D eigenvalue weighted by Gasteiger charge is -2.56. The second kappa shape index (κ2) is 4.78. The van der Waals surface area contributed by atoms with Crippen LogP contribution in [0.1, 0.15) is 44.1 Å². The highest BCUT2D eigenvalue weighted by molar-refractivity contribution is 5.22. The fraction of sp³-hybridized carbons (Fsp3) is 0.667. The zero-order valence-electron chi connectivity index (χ0n) is 12.7. The van der Waals surface area contributed by atoms with Crippen molar-refractivity contribution in [2.75, 3.05) is 6.61 Å². The third kappa shape index (κ3) is 1.67. The van der Waals surface area contributed by atoms with Crippen molar-refractivity contribution in [3.05, 3.63) is 35.9 Å². The largest absolute Gasteiger partial charge is 0.349 e. The van der Waals surface area contributed by atoms with E-state index in [-0.39, 0.29) is 11.9 Å². The minimum absolute atomic E-state index is 0.298. The summed E-state index contributed by atoms with van der Waals surface area (Å²) in [4.78, 5) is 12.1. The molecule has 5 fully saturated rings. The summed E-state index contributed by atoms with van der Waals surface area (Å²) in [6.45, 7) is 0.762. The maximum atomic E-state index is 6.45. The van der Waals surface area contributed by atoms with Gasteiger partial charge < -0.3 is 9.47 Å². The van der Waals surface area contributed by atoms with Crippen LogP contribution in [0, 0.1) is 11.8 Å². The smallest absolute Gasteiger partial charge is 0.230 e. The molecular formula is C18H22O4. The van der Waals surface area contributed by atoms with Gasteiger partial charge in [-0.25, -0.2) is 4.89 Å². The van der Waals surface area contributed by atoms with Gasteiger partial charge in [-0.3, -0.25) is 0 Å². The maximum Gasteiger partial charge on any atom is 0.230 e. The molecule has 0 radical (unpaired) electrons. The van der Waals surface area contributed by atoms with E-state index in [9.17, 15) is 0 Å². The van der Waals surface area contributed by atoms with E-state index in [1.165, 1.54) is 19.3 Å². The van der Waals surface area contributed by atoms with Gasteiger partial charge in [0.15, 0.2) is 11.9 Å². The third-order valence-electron chi connectivity index (χ3n) is 6.14. The number of benzene rings is 1. The Hall–Kier alpha value is -0.940. The van der Waals surface area contributed by atoms with Gasteiger partial charge in [-0.1, -0.05) is 36.8 Å². The molecule has 1 aromatic carbocycles.